The van der Waals surface area contributed by atoms with E-state index < -0.39 is 0 Å². The summed E-state index contributed by atoms with van der Waals surface area (Å²) in [6.45, 7) is 0.203. The normalized spacial score (nSPS) is 17.7. The number of anilines is 2. The molecule has 3 rings (SSSR count). The minimum atomic E-state index is 0. The highest BCUT2D eigenvalue weighted by atomic mass is 35.5. The lowest BCUT2D eigenvalue weighted by molar-refractivity contribution is -0.120. The van der Waals surface area contributed by atoms with Crippen molar-refractivity contribution in [2.24, 2.45) is 5.92 Å². The van der Waals surface area contributed by atoms with Crippen LogP contribution >= 0.6 is 12.4 Å². The van der Waals surface area contributed by atoms with Crippen molar-refractivity contribution < 1.29 is 14.3 Å². The van der Waals surface area contributed by atoms with Gasteiger partial charge in [-0.05, 0) is 12.8 Å². The third-order valence-corrected chi connectivity index (χ3v) is 4.03. The van der Waals surface area contributed by atoms with Crippen molar-refractivity contribution in [2.75, 3.05) is 17.8 Å². The van der Waals surface area contributed by atoms with Crippen molar-refractivity contribution in [2.45, 2.75) is 38.5 Å². The Bertz CT molecular complexity index is 514. The van der Waals surface area contributed by atoms with Crippen molar-refractivity contribution in [3.8, 4) is 11.5 Å². The first-order valence-electron chi connectivity index (χ1n) is 7.24. The number of carbonyl (C=O) groups is 1. The van der Waals surface area contributed by atoms with E-state index in [1.165, 1.54) is 12.8 Å². The molecule has 21 heavy (non-hydrogen) atoms. The molecular formula is C15H21ClN2O3. The van der Waals surface area contributed by atoms with Crippen LogP contribution in [-0.2, 0) is 4.79 Å². The van der Waals surface area contributed by atoms with Crippen LogP contribution < -0.4 is 20.5 Å². The summed E-state index contributed by atoms with van der Waals surface area (Å²) in [7, 11) is 0. The first-order chi connectivity index (χ1) is 9.74. The molecule has 0 saturated heterocycles. The highest BCUT2D eigenvalue weighted by Gasteiger charge is 2.22. The number of nitrogen functional groups attached to an aromatic ring is 1. The minimum absolute atomic E-state index is 0. The Hall–Kier alpha value is -1.62. The molecule has 1 saturated carbocycles. The van der Waals surface area contributed by atoms with Gasteiger partial charge in [0.15, 0.2) is 11.5 Å². The van der Waals surface area contributed by atoms with Gasteiger partial charge < -0.3 is 20.5 Å². The maximum atomic E-state index is 12.3. The predicted octanol–water partition coefficient (Wildman–Crippen LogP) is 3.33. The van der Waals surface area contributed by atoms with E-state index >= 15 is 0 Å². The second kappa shape index (κ2) is 6.89. The zero-order valence-corrected chi connectivity index (χ0v) is 12.7. The number of ether oxygens (including phenoxy) is 2. The van der Waals surface area contributed by atoms with Gasteiger partial charge in [-0.15, -0.1) is 12.4 Å². The first-order valence-corrected chi connectivity index (χ1v) is 7.24. The van der Waals surface area contributed by atoms with E-state index in [0.717, 1.165) is 25.7 Å². The number of fused-ring (bicyclic) bond motifs is 1. The van der Waals surface area contributed by atoms with Crippen LogP contribution in [0.3, 0.4) is 0 Å². The Morgan fingerprint density at radius 2 is 1.71 bits per heavy atom. The van der Waals surface area contributed by atoms with Crippen LogP contribution in [0.15, 0.2) is 12.1 Å². The van der Waals surface area contributed by atoms with Crippen molar-refractivity contribution >= 4 is 29.7 Å². The van der Waals surface area contributed by atoms with E-state index in [0.29, 0.717) is 22.9 Å². The van der Waals surface area contributed by atoms with E-state index in [4.69, 9.17) is 15.2 Å². The highest BCUT2D eigenvalue weighted by Crippen LogP contribution is 2.38. The lowest BCUT2D eigenvalue weighted by Gasteiger charge is -2.15. The van der Waals surface area contributed by atoms with Crippen LogP contribution in [0.25, 0.3) is 0 Å². The number of hydrogen-bond acceptors (Lipinski definition) is 4. The van der Waals surface area contributed by atoms with Gasteiger partial charge in [-0.1, -0.05) is 25.7 Å². The van der Waals surface area contributed by atoms with E-state index in [1.807, 2.05) is 0 Å². The molecule has 1 aliphatic heterocycles. The van der Waals surface area contributed by atoms with Gasteiger partial charge in [0.05, 0.1) is 11.4 Å². The molecule has 5 nitrogen and oxygen atoms in total. The number of halogens is 1. The lowest BCUT2D eigenvalue weighted by atomic mass is 9.99. The zero-order valence-electron chi connectivity index (χ0n) is 11.9. The van der Waals surface area contributed by atoms with Crippen LogP contribution in [0.4, 0.5) is 11.4 Å². The molecule has 3 N–H and O–H groups in total. The summed E-state index contributed by atoms with van der Waals surface area (Å²) in [5, 5.41) is 2.94. The van der Waals surface area contributed by atoms with Crippen molar-refractivity contribution in [3.63, 3.8) is 0 Å². The molecular weight excluding hydrogens is 292 g/mol. The third-order valence-electron chi connectivity index (χ3n) is 4.03. The lowest BCUT2D eigenvalue weighted by Crippen LogP contribution is -2.22. The van der Waals surface area contributed by atoms with E-state index in [2.05, 4.69) is 5.32 Å². The fourth-order valence-electron chi connectivity index (χ4n) is 2.84. The first kappa shape index (κ1) is 15.8. The second-order valence-electron chi connectivity index (χ2n) is 5.47. The number of hydrogen-bond donors (Lipinski definition) is 2. The van der Waals surface area contributed by atoms with Crippen LogP contribution in [0, 0.1) is 5.92 Å². The largest absolute Gasteiger partial charge is 0.454 e. The second-order valence-corrected chi connectivity index (χ2v) is 5.47. The molecule has 0 bridgehead atoms. The summed E-state index contributed by atoms with van der Waals surface area (Å²) in [5.41, 5.74) is 7.08. The van der Waals surface area contributed by atoms with Crippen LogP contribution in [0.2, 0.25) is 0 Å². The summed E-state index contributed by atoms with van der Waals surface area (Å²) in [5.74, 6) is 1.44. The van der Waals surface area contributed by atoms with Crippen LogP contribution in [0.5, 0.6) is 11.5 Å². The molecule has 0 aromatic heterocycles. The van der Waals surface area contributed by atoms with E-state index in [1.54, 1.807) is 12.1 Å². The maximum absolute atomic E-state index is 12.3. The molecule has 1 aliphatic carbocycles. The molecule has 1 amide bonds. The summed E-state index contributed by atoms with van der Waals surface area (Å²) in [6.07, 6.45) is 6.67. The molecule has 0 atom stereocenters. The van der Waals surface area contributed by atoms with E-state index in [9.17, 15) is 4.79 Å². The smallest absolute Gasteiger partial charge is 0.231 e. The molecule has 2 aliphatic rings. The van der Waals surface area contributed by atoms with Gasteiger partial charge in [-0.3, -0.25) is 4.79 Å². The average Bonchev–Trinajstić information content (AvgIpc) is 2.72. The van der Waals surface area contributed by atoms with Gasteiger partial charge in [0.2, 0.25) is 12.7 Å². The fraction of sp³-hybridized carbons (Fsp3) is 0.533. The van der Waals surface area contributed by atoms with Crippen molar-refractivity contribution in [1.82, 2.24) is 0 Å². The highest BCUT2D eigenvalue weighted by molar-refractivity contribution is 5.96. The number of benzene rings is 1. The zero-order chi connectivity index (χ0) is 13.9. The Labute approximate surface area is 130 Å². The van der Waals surface area contributed by atoms with Crippen LogP contribution in [-0.4, -0.2) is 12.7 Å². The summed E-state index contributed by atoms with van der Waals surface area (Å²) < 4.78 is 10.6. The molecule has 1 aromatic rings. The fourth-order valence-corrected chi connectivity index (χ4v) is 2.84. The monoisotopic (exact) mass is 312 g/mol. The van der Waals surface area contributed by atoms with Crippen molar-refractivity contribution in [3.05, 3.63) is 12.1 Å². The maximum Gasteiger partial charge on any atom is 0.231 e. The van der Waals surface area contributed by atoms with Gasteiger partial charge in [-0.2, -0.15) is 0 Å². The van der Waals surface area contributed by atoms with Gasteiger partial charge in [-0.25, -0.2) is 0 Å². The topological polar surface area (TPSA) is 73.6 Å². The average molecular weight is 313 g/mol. The van der Waals surface area contributed by atoms with Gasteiger partial charge in [0.1, 0.15) is 0 Å². The quantitative estimate of drug-likeness (QED) is 0.649. The molecule has 0 spiro atoms. The van der Waals surface area contributed by atoms with Crippen molar-refractivity contribution in [1.29, 1.82) is 0 Å². The SMILES string of the molecule is Cl.Nc1cc2c(cc1NC(=O)C1CCCCCC1)OCO2. The molecule has 1 aromatic carbocycles. The van der Waals surface area contributed by atoms with Gasteiger partial charge >= 0.3 is 0 Å². The Morgan fingerprint density at radius 3 is 2.38 bits per heavy atom. The van der Waals surface area contributed by atoms with Crippen LogP contribution in [0.1, 0.15) is 38.5 Å². The molecule has 116 valence electrons. The number of amides is 1. The van der Waals surface area contributed by atoms with Gasteiger partial charge in [0.25, 0.3) is 0 Å². The minimum Gasteiger partial charge on any atom is -0.454 e. The number of nitrogens with two attached hydrogens (primary N) is 1. The summed E-state index contributed by atoms with van der Waals surface area (Å²) in [4.78, 5) is 12.3. The third kappa shape index (κ3) is 3.53. The molecule has 1 heterocycles. The summed E-state index contributed by atoms with van der Waals surface area (Å²) in [6, 6.07) is 3.44. The molecule has 0 radical (unpaired) electrons. The summed E-state index contributed by atoms with van der Waals surface area (Å²) >= 11 is 0. The molecule has 6 heteroatoms. The Morgan fingerprint density at radius 1 is 1.10 bits per heavy atom. The number of carbonyl (C=O) groups excluding carboxylic acids is 1. The number of rotatable bonds is 2. The predicted molar refractivity (Wildman–Crippen MR) is 84.0 cm³/mol. The Balaban J connectivity index is 0.00000161. The standard InChI is InChI=1S/C15H20N2O3.ClH/c16-11-7-13-14(20-9-19-13)8-12(11)17-15(18)10-5-3-1-2-4-6-10;/h7-8,10H,1-6,9,16H2,(H,17,18);1H. The van der Waals surface area contributed by atoms with Gasteiger partial charge in [0, 0.05) is 18.1 Å². The number of nitrogens with one attached hydrogen (secondary N) is 1. The molecule has 1 fully saturated rings. The Kier molecular flexibility index (Phi) is 5.17. The van der Waals surface area contributed by atoms with E-state index in [-0.39, 0.29) is 31.0 Å². The molecule has 0 unspecified atom stereocenters.